The van der Waals surface area contributed by atoms with E-state index in [4.69, 9.17) is 9.05 Å². The van der Waals surface area contributed by atoms with Crippen molar-refractivity contribution in [1.82, 2.24) is 5.32 Å². The Labute approximate surface area is 430 Å². The summed E-state index contributed by atoms with van der Waals surface area (Å²) < 4.78 is 23.5. The average Bonchev–Trinajstić information content (AvgIpc) is 3.31. The molecule has 9 heteroatoms. The highest BCUT2D eigenvalue weighted by molar-refractivity contribution is 7.45. The molecule has 8 nitrogen and oxygen atoms in total. The number of aliphatic hydroxyl groups is 1. The van der Waals surface area contributed by atoms with E-state index in [-0.39, 0.29) is 19.1 Å². The first-order valence-corrected chi connectivity index (χ1v) is 31.6. The van der Waals surface area contributed by atoms with E-state index in [1.165, 1.54) is 231 Å². The van der Waals surface area contributed by atoms with E-state index < -0.39 is 20.0 Å². The maximum Gasteiger partial charge on any atom is 0.268 e. The minimum absolute atomic E-state index is 0.0138. The zero-order valence-corrected chi connectivity index (χ0v) is 47.7. The molecule has 0 radical (unpaired) electrons. The molecule has 0 aromatic heterocycles. The van der Waals surface area contributed by atoms with Crippen molar-refractivity contribution in [3.05, 3.63) is 24.3 Å². The molecule has 0 fully saturated rings. The predicted octanol–water partition coefficient (Wildman–Crippen LogP) is 17.7. The quantitative estimate of drug-likeness (QED) is 0.0272. The fourth-order valence-corrected chi connectivity index (χ4v) is 9.91. The number of allylic oxidation sites excluding steroid dienone is 4. The molecule has 0 spiro atoms. The van der Waals surface area contributed by atoms with Gasteiger partial charge in [0.2, 0.25) is 5.91 Å². The van der Waals surface area contributed by atoms with Crippen LogP contribution in [0.4, 0.5) is 0 Å². The Hall–Kier alpha value is -1.02. The molecule has 0 rings (SSSR count). The number of likely N-dealkylation sites (N-methyl/N-ethyl adjacent to an activating group) is 1. The Morgan fingerprint density at radius 3 is 1.20 bits per heavy atom. The first kappa shape index (κ1) is 68.0. The summed E-state index contributed by atoms with van der Waals surface area (Å²) in [6.45, 7) is 4.76. The Kier molecular flexibility index (Phi) is 51.1. The number of phosphoric ester groups is 1. The summed E-state index contributed by atoms with van der Waals surface area (Å²) in [6, 6.07) is -0.800. The molecule has 0 saturated carbocycles. The number of aliphatic hydroxyl groups excluding tert-OH is 1. The predicted molar refractivity (Wildman–Crippen MR) is 298 cm³/mol. The minimum Gasteiger partial charge on any atom is -0.756 e. The van der Waals surface area contributed by atoms with Crippen LogP contribution in [0, 0.1) is 0 Å². The van der Waals surface area contributed by atoms with E-state index >= 15 is 0 Å². The maximum absolute atomic E-state index is 13.0. The third-order valence-electron chi connectivity index (χ3n) is 13.9. The molecular weight excluding hydrogens is 876 g/mol. The van der Waals surface area contributed by atoms with Gasteiger partial charge in [-0.25, -0.2) is 0 Å². The van der Waals surface area contributed by atoms with E-state index in [1.54, 1.807) is 0 Å². The molecular formula is C60H119N2O6P. The smallest absolute Gasteiger partial charge is 0.268 e. The summed E-state index contributed by atoms with van der Waals surface area (Å²) in [6.07, 6.45) is 65.0. The standard InChI is InChI=1S/C60H119N2O6P/c1-6-8-10-12-14-16-18-20-22-24-26-28-30-31-32-34-36-38-40-42-44-46-48-50-52-54-60(64)61-58(57-68-69(65,66)67-56-55-62(3,4)5)59(63)53-51-49-47-45-43-41-39-37-35-33-29-27-25-23-21-19-17-15-13-11-9-7-2/h18,20,24,26,58-59,63H,6-17,19,21-23,25,27-57H2,1-5H3,(H-,61,64,65,66)/b20-18-,26-24-. The summed E-state index contributed by atoms with van der Waals surface area (Å²) in [5.41, 5.74) is 0. The maximum atomic E-state index is 13.0. The number of hydrogen-bond donors (Lipinski definition) is 2. The van der Waals surface area contributed by atoms with E-state index in [2.05, 4.69) is 43.5 Å². The second kappa shape index (κ2) is 51.9. The van der Waals surface area contributed by atoms with Crippen molar-refractivity contribution in [3.8, 4) is 0 Å². The summed E-state index contributed by atoms with van der Waals surface area (Å²) in [5, 5.41) is 14.1. The lowest BCUT2D eigenvalue weighted by molar-refractivity contribution is -0.870. The van der Waals surface area contributed by atoms with Crippen molar-refractivity contribution in [2.24, 2.45) is 0 Å². The van der Waals surface area contributed by atoms with E-state index in [1.807, 2.05) is 21.1 Å². The summed E-state index contributed by atoms with van der Waals surface area (Å²) in [7, 11) is 1.32. The Morgan fingerprint density at radius 2 is 0.841 bits per heavy atom. The van der Waals surface area contributed by atoms with Crippen molar-refractivity contribution in [2.45, 2.75) is 315 Å². The van der Waals surface area contributed by atoms with Gasteiger partial charge in [0.25, 0.3) is 7.82 Å². The van der Waals surface area contributed by atoms with Crippen LogP contribution in [0.2, 0.25) is 0 Å². The van der Waals surface area contributed by atoms with Gasteiger partial charge in [-0.2, -0.15) is 0 Å². The van der Waals surface area contributed by atoms with Crippen molar-refractivity contribution in [1.29, 1.82) is 0 Å². The molecule has 3 atom stereocenters. The van der Waals surface area contributed by atoms with Crippen LogP contribution >= 0.6 is 7.82 Å². The molecule has 0 aromatic rings. The second-order valence-electron chi connectivity index (χ2n) is 22.1. The third kappa shape index (κ3) is 54.6. The molecule has 0 saturated heterocycles. The molecule has 1 amide bonds. The highest BCUT2D eigenvalue weighted by atomic mass is 31.2. The molecule has 0 aliphatic carbocycles. The van der Waals surface area contributed by atoms with Crippen LogP contribution in [0.25, 0.3) is 0 Å². The van der Waals surface area contributed by atoms with Crippen molar-refractivity contribution >= 4 is 13.7 Å². The zero-order valence-electron chi connectivity index (χ0n) is 46.8. The van der Waals surface area contributed by atoms with Crippen molar-refractivity contribution in [3.63, 3.8) is 0 Å². The molecule has 3 unspecified atom stereocenters. The lowest BCUT2D eigenvalue weighted by Gasteiger charge is -2.30. The molecule has 0 heterocycles. The highest BCUT2D eigenvalue weighted by Crippen LogP contribution is 2.38. The average molecular weight is 996 g/mol. The van der Waals surface area contributed by atoms with Crippen LogP contribution in [-0.4, -0.2) is 68.5 Å². The van der Waals surface area contributed by atoms with Gasteiger partial charge in [0.15, 0.2) is 0 Å². The first-order chi connectivity index (χ1) is 33.5. The van der Waals surface area contributed by atoms with Crippen LogP contribution < -0.4 is 10.2 Å². The summed E-state index contributed by atoms with van der Waals surface area (Å²) in [5.74, 6) is -0.161. The van der Waals surface area contributed by atoms with Gasteiger partial charge in [-0.1, -0.05) is 276 Å². The SMILES string of the molecule is CCCCCCC/C=C\C/C=C\CCCCCCCCCCCCCCCC(=O)NC(COP(=O)([O-])OCC[N+](C)(C)C)C(O)CCCCCCCCCCCCCCCCCCCCCCCC. The molecule has 0 bridgehead atoms. The van der Waals surface area contributed by atoms with Gasteiger partial charge in [-0.05, 0) is 44.9 Å². The largest absolute Gasteiger partial charge is 0.756 e. The van der Waals surface area contributed by atoms with Crippen molar-refractivity contribution in [2.75, 3.05) is 40.9 Å². The molecule has 0 aromatic carbocycles. The number of rotatable bonds is 56. The zero-order chi connectivity index (χ0) is 50.6. The van der Waals surface area contributed by atoms with Gasteiger partial charge < -0.3 is 28.8 Å². The number of unbranched alkanes of at least 4 members (excludes halogenated alkanes) is 39. The van der Waals surface area contributed by atoms with Gasteiger partial charge in [0.1, 0.15) is 13.2 Å². The fourth-order valence-electron chi connectivity index (χ4n) is 9.19. The Balaban J connectivity index is 4.12. The minimum atomic E-state index is -4.57. The Morgan fingerprint density at radius 1 is 0.507 bits per heavy atom. The number of carbonyl (C=O) groups is 1. The van der Waals surface area contributed by atoms with Crippen LogP contribution in [0.1, 0.15) is 303 Å². The van der Waals surface area contributed by atoms with E-state index in [9.17, 15) is 19.4 Å². The fraction of sp³-hybridized carbons (Fsp3) is 0.917. The van der Waals surface area contributed by atoms with Crippen molar-refractivity contribution < 1.29 is 32.9 Å². The lowest BCUT2D eigenvalue weighted by Crippen LogP contribution is -2.46. The number of amides is 1. The number of hydrogen-bond acceptors (Lipinski definition) is 6. The lowest BCUT2D eigenvalue weighted by atomic mass is 10.0. The first-order valence-electron chi connectivity index (χ1n) is 30.2. The van der Waals surface area contributed by atoms with E-state index in [0.29, 0.717) is 23.9 Å². The Bertz CT molecular complexity index is 1170. The van der Waals surface area contributed by atoms with Crippen LogP contribution in [0.15, 0.2) is 24.3 Å². The number of nitrogens with zero attached hydrogens (tertiary/aromatic N) is 1. The molecule has 410 valence electrons. The molecule has 2 N–H and O–H groups in total. The van der Waals surface area contributed by atoms with Crippen LogP contribution in [0.3, 0.4) is 0 Å². The monoisotopic (exact) mass is 995 g/mol. The number of carbonyl (C=O) groups excluding carboxylic acids is 1. The van der Waals surface area contributed by atoms with Gasteiger partial charge in [0, 0.05) is 6.42 Å². The van der Waals surface area contributed by atoms with Gasteiger partial charge >= 0.3 is 0 Å². The van der Waals surface area contributed by atoms with Gasteiger partial charge in [-0.3, -0.25) is 9.36 Å². The molecule has 69 heavy (non-hydrogen) atoms. The summed E-state index contributed by atoms with van der Waals surface area (Å²) >= 11 is 0. The number of quaternary nitrogens is 1. The molecule has 0 aliphatic heterocycles. The third-order valence-corrected chi connectivity index (χ3v) is 14.9. The van der Waals surface area contributed by atoms with Gasteiger partial charge in [-0.15, -0.1) is 0 Å². The normalized spacial score (nSPS) is 14.0. The number of nitrogens with one attached hydrogen (secondary N) is 1. The molecule has 0 aliphatic rings. The van der Waals surface area contributed by atoms with Crippen LogP contribution in [0.5, 0.6) is 0 Å². The number of phosphoric acid groups is 1. The van der Waals surface area contributed by atoms with Gasteiger partial charge in [0.05, 0.1) is 39.9 Å². The highest BCUT2D eigenvalue weighted by Gasteiger charge is 2.24. The van der Waals surface area contributed by atoms with Crippen LogP contribution in [-0.2, 0) is 18.4 Å². The second-order valence-corrected chi connectivity index (χ2v) is 23.5. The van der Waals surface area contributed by atoms with E-state index in [0.717, 1.165) is 44.9 Å². The topological polar surface area (TPSA) is 108 Å². The summed E-state index contributed by atoms with van der Waals surface area (Å²) in [4.78, 5) is 25.6.